The zero-order chi connectivity index (χ0) is 14.7. The Labute approximate surface area is 103 Å². The number of carboxylic acid groups (broad SMARTS) is 1. The van der Waals surface area contributed by atoms with E-state index in [4.69, 9.17) is 10.8 Å². The molecule has 0 spiro atoms. The van der Waals surface area contributed by atoms with Crippen molar-refractivity contribution in [3.8, 4) is 0 Å². The molecule has 1 amide bonds. The highest BCUT2D eigenvalue weighted by atomic mass is 19.4. The van der Waals surface area contributed by atoms with E-state index in [0.29, 0.717) is 13.3 Å². The van der Waals surface area contributed by atoms with Crippen LogP contribution in [0.4, 0.5) is 13.2 Å². The molecule has 0 saturated carbocycles. The second kappa shape index (κ2) is 5.55. The third-order valence-electron chi connectivity index (χ3n) is 2.83. The zero-order valence-corrected chi connectivity index (χ0v) is 10.3. The van der Waals surface area contributed by atoms with E-state index in [-0.39, 0.29) is 0 Å². The third-order valence-corrected chi connectivity index (χ3v) is 2.83. The lowest BCUT2D eigenvalue weighted by Gasteiger charge is -2.29. The number of carboxylic acids is 1. The highest BCUT2D eigenvalue weighted by Gasteiger charge is 2.54. The predicted molar refractivity (Wildman–Crippen MR) is 57.7 cm³/mol. The van der Waals surface area contributed by atoms with Crippen LogP contribution >= 0.6 is 0 Å². The minimum absolute atomic E-state index is 0.393. The Morgan fingerprint density at radius 3 is 2.11 bits per heavy atom. The molecule has 0 radical (unpaired) electrons. The Bertz CT molecular complexity index is 329. The van der Waals surface area contributed by atoms with Crippen molar-refractivity contribution >= 4 is 11.9 Å². The smallest absolute Gasteiger partial charge is 0.415 e. The van der Waals surface area contributed by atoms with Gasteiger partial charge in [0.15, 0.2) is 5.54 Å². The van der Waals surface area contributed by atoms with E-state index in [9.17, 15) is 22.8 Å². The van der Waals surface area contributed by atoms with Crippen molar-refractivity contribution in [2.45, 2.75) is 44.9 Å². The molecular formula is C10H17F3N2O3. The molecule has 0 aliphatic carbocycles. The van der Waals surface area contributed by atoms with Gasteiger partial charge in [-0.15, -0.1) is 0 Å². The monoisotopic (exact) mass is 270 g/mol. The van der Waals surface area contributed by atoms with Crippen LogP contribution in [0.25, 0.3) is 0 Å². The summed E-state index contributed by atoms with van der Waals surface area (Å²) in [7, 11) is 0. The standard InChI is InChI=1S/C10H17F3N2O3/c1-4-5(2)6(7(16)17)15-8(18)9(3,14)10(11,12)13/h5-6H,4,14H2,1-3H3,(H,15,18)(H,16,17)/t5?,6-,9?/m0/s1. The van der Waals surface area contributed by atoms with Crippen molar-refractivity contribution in [1.82, 2.24) is 5.32 Å². The highest BCUT2D eigenvalue weighted by Crippen LogP contribution is 2.28. The van der Waals surface area contributed by atoms with E-state index in [2.05, 4.69) is 0 Å². The first-order valence-corrected chi connectivity index (χ1v) is 5.34. The molecule has 0 fully saturated rings. The average Bonchev–Trinajstić information content (AvgIpc) is 2.22. The molecule has 0 bridgehead atoms. The fraction of sp³-hybridized carbons (Fsp3) is 0.800. The van der Waals surface area contributed by atoms with E-state index in [1.165, 1.54) is 6.92 Å². The molecule has 8 heteroatoms. The maximum absolute atomic E-state index is 12.5. The molecule has 3 atom stereocenters. The summed E-state index contributed by atoms with van der Waals surface area (Å²) in [5.74, 6) is -3.45. The van der Waals surface area contributed by atoms with Crippen LogP contribution in [0.5, 0.6) is 0 Å². The number of aliphatic carboxylic acids is 1. The van der Waals surface area contributed by atoms with Gasteiger partial charge in [-0.3, -0.25) is 4.79 Å². The molecule has 0 rings (SSSR count). The Kier molecular flexibility index (Phi) is 5.15. The number of alkyl halides is 3. The minimum atomic E-state index is -4.95. The van der Waals surface area contributed by atoms with Crippen molar-refractivity contribution in [1.29, 1.82) is 0 Å². The minimum Gasteiger partial charge on any atom is -0.480 e. The van der Waals surface area contributed by atoms with E-state index in [1.54, 1.807) is 6.92 Å². The summed E-state index contributed by atoms with van der Waals surface area (Å²) in [4.78, 5) is 22.3. The highest BCUT2D eigenvalue weighted by molar-refractivity contribution is 5.90. The van der Waals surface area contributed by atoms with Gasteiger partial charge in [-0.05, 0) is 12.8 Å². The molecule has 0 aromatic rings. The van der Waals surface area contributed by atoms with Crippen molar-refractivity contribution in [2.75, 3.05) is 0 Å². The van der Waals surface area contributed by atoms with Gasteiger partial charge in [0, 0.05) is 0 Å². The molecule has 4 N–H and O–H groups in total. The van der Waals surface area contributed by atoms with Crippen molar-refractivity contribution in [3.63, 3.8) is 0 Å². The molecule has 2 unspecified atom stereocenters. The molecule has 18 heavy (non-hydrogen) atoms. The van der Waals surface area contributed by atoms with Crippen molar-refractivity contribution in [3.05, 3.63) is 0 Å². The molecule has 0 aliphatic rings. The van der Waals surface area contributed by atoms with Crippen molar-refractivity contribution < 1.29 is 27.9 Å². The van der Waals surface area contributed by atoms with Gasteiger partial charge in [0.2, 0.25) is 5.91 Å². The number of hydrogen-bond donors (Lipinski definition) is 3. The van der Waals surface area contributed by atoms with Crippen LogP contribution in [-0.4, -0.2) is 34.7 Å². The second-order valence-electron chi connectivity index (χ2n) is 4.38. The lowest BCUT2D eigenvalue weighted by molar-refractivity contribution is -0.188. The normalized spacial score (nSPS) is 18.6. The summed E-state index contributed by atoms with van der Waals surface area (Å²) in [6.07, 6.45) is -4.56. The number of carbonyl (C=O) groups excluding carboxylic acids is 1. The van der Waals surface area contributed by atoms with Gasteiger partial charge in [0.05, 0.1) is 0 Å². The molecule has 5 nitrogen and oxygen atoms in total. The molecule has 106 valence electrons. The summed E-state index contributed by atoms with van der Waals surface area (Å²) in [5.41, 5.74) is 1.78. The lowest BCUT2D eigenvalue weighted by atomic mass is 9.96. The maximum Gasteiger partial charge on any atom is 0.415 e. The number of nitrogens with two attached hydrogens (primary N) is 1. The van der Waals surface area contributed by atoms with Gasteiger partial charge in [-0.25, -0.2) is 4.79 Å². The number of hydrogen-bond acceptors (Lipinski definition) is 3. The number of amides is 1. The Hall–Kier alpha value is -1.31. The fourth-order valence-electron chi connectivity index (χ4n) is 1.10. The maximum atomic E-state index is 12.5. The van der Waals surface area contributed by atoms with Crippen LogP contribution < -0.4 is 11.1 Å². The van der Waals surface area contributed by atoms with Crippen LogP contribution in [0.15, 0.2) is 0 Å². The summed E-state index contributed by atoms with van der Waals surface area (Å²) >= 11 is 0. The summed E-state index contributed by atoms with van der Waals surface area (Å²) < 4.78 is 37.5. The lowest BCUT2D eigenvalue weighted by Crippen LogP contribution is -2.64. The average molecular weight is 270 g/mol. The van der Waals surface area contributed by atoms with Crippen LogP contribution in [0.3, 0.4) is 0 Å². The van der Waals surface area contributed by atoms with Crippen LogP contribution in [0.2, 0.25) is 0 Å². The van der Waals surface area contributed by atoms with Gasteiger partial charge >= 0.3 is 12.1 Å². The molecule has 0 aromatic carbocycles. The van der Waals surface area contributed by atoms with Crippen molar-refractivity contribution in [2.24, 2.45) is 11.7 Å². The molecule has 0 aromatic heterocycles. The summed E-state index contributed by atoms with van der Waals surface area (Å²) in [5, 5.41) is 10.7. The van der Waals surface area contributed by atoms with E-state index >= 15 is 0 Å². The number of halogens is 3. The third kappa shape index (κ3) is 3.59. The SMILES string of the molecule is CCC(C)[C@H](NC(=O)C(C)(N)C(F)(F)F)C(=O)O. The van der Waals surface area contributed by atoms with Gasteiger partial charge in [-0.2, -0.15) is 13.2 Å². The first-order chi connectivity index (χ1) is 7.95. The first kappa shape index (κ1) is 16.7. The Balaban J connectivity index is 4.98. The molecule has 0 heterocycles. The Morgan fingerprint density at radius 2 is 1.83 bits per heavy atom. The molecule has 0 aliphatic heterocycles. The van der Waals surface area contributed by atoms with Gasteiger partial charge in [0.25, 0.3) is 0 Å². The largest absolute Gasteiger partial charge is 0.480 e. The second-order valence-corrected chi connectivity index (χ2v) is 4.38. The number of nitrogens with one attached hydrogen (secondary N) is 1. The van der Waals surface area contributed by atoms with Crippen LogP contribution in [-0.2, 0) is 9.59 Å². The molecular weight excluding hydrogens is 253 g/mol. The summed E-state index contributed by atoms with van der Waals surface area (Å²) in [6.45, 7) is 3.68. The molecule has 0 saturated heterocycles. The first-order valence-electron chi connectivity index (χ1n) is 5.34. The van der Waals surface area contributed by atoms with Crippen LogP contribution in [0, 0.1) is 5.92 Å². The zero-order valence-electron chi connectivity index (χ0n) is 10.3. The topological polar surface area (TPSA) is 92.4 Å². The number of carbonyl (C=O) groups is 2. The quantitative estimate of drug-likeness (QED) is 0.691. The van der Waals surface area contributed by atoms with E-state index < -0.39 is 35.6 Å². The number of rotatable bonds is 5. The Morgan fingerprint density at radius 1 is 1.39 bits per heavy atom. The van der Waals surface area contributed by atoms with Gasteiger partial charge in [0.1, 0.15) is 6.04 Å². The van der Waals surface area contributed by atoms with E-state index in [1.807, 2.05) is 5.32 Å². The summed E-state index contributed by atoms with van der Waals surface area (Å²) in [6, 6.07) is -1.40. The van der Waals surface area contributed by atoms with Gasteiger partial charge < -0.3 is 16.2 Å². The van der Waals surface area contributed by atoms with Gasteiger partial charge in [-0.1, -0.05) is 20.3 Å². The fourth-order valence-corrected chi connectivity index (χ4v) is 1.10. The van der Waals surface area contributed by atoms with E-state index in [0.717, 1.165) is 0 Å². The van der Waals surface area contributed by atoms with Crippen LogP contribution in [0.1, 0.15) is 27.2 Å². The predicted octanol–water partition coefficient (Wildman–Crippen LogP) is 0.882.